The molecular formula is C21H23N5O2. The van der Waals surface area contributed by atoms with Crippen molar-refractivity contribution in [3.8, 4) is 11.5 Å². The van der Waals surface area contributed by atoms with Crippen LogP contribution in [0.25, 0.3) is 0 Å². The Hall–Kier alpha value is -3.45. The van der Waals surface area contributed by atoms with Crippen molar-refractivity contribution in [2.24, 2.45) is 0 Å². The van der Waals surface area contributed by atoms with Crippen molar-refractivity contribution >= 4 is 17.4 Å². The van der Waals surface area contributed by atoms with Gasteiger partial charge in [0.05, 0.1) is 5.69 Å². The third-order valence-electron chi connectivity index (χ3n) is 3.87. The summed E-state index contributed by atoms with van der Waals surface area (Å²) in [7, 11) is 3.99. The molecule has 0 saturated carbocycles. The summed E-state index contributed by atoms with van der Waals surface area (Å²) in [6, 6.07) is 18.3. The van der Waals surface area contributed by atoms with Gasteiger partial charge in [-0.3, -0.25) is 4.79 Å². The minimum atomic E-state index is -0.331. The Morgan fingerprint density at radius 2 is 1.79 bits per heavy atom. The van der Waals surface area contributed by atoms with Crippen LogP contribution in [0.2, 0.25) is 0 Å². The number of rotatable bonds is 8. The molecule has 0 unspecified atom stereocenters. The average molecular weight is 377 g/mol. The Morgan fingerprint density at radius 3 is 2.57 bits per heavy atom. The minimum Gasteiger partial charge on any atom is -0.455 e. The van der Waals surface area contributed by atoms with E-state index < -0.39 is 0 Å². The fourth-order valence-corrected chi connectivity index (χ4v) is 2.45. The third-order valence-corrected chi connectivity index (χ3v) is 3.87. The molecule has 0 spiro atoms. The molecule has 0 aliphatic rings. The molecule has 3 aromatic rings. The van der Waals surface area contributed by atoms with Crippen molar-refractivity contribution in [1.29, 1.82) is 0 Å². The summed E-state index contributed by atoms with van der Waals surface area (Å²) in [6.07, 6.45) is 1.37. The van der Waals surface area contributed by atoms with Crippen molar-refractivity contribution in [3.63, 3.8) is 0 Å². The second kappa shape index (κ2) is 9.48. The summed E-state index contributed by atoms with van der Waals surface area (Å²) in [5.41, 5.74) is 0.842. The van der Waals surface area contributed by atoms with E-state index >= 15 is 0 Å². The van der Waals surface area contributed by atoms with Gasteiger partial charge in [-0.2, -0.15) is 0 Å². The van der Waals surface area contributed by atoms with Gasteiger partial charge in [0.2, 0.25) is 0 Å². The molecule has 28 heavy (non-hydrogen) atoms. The van der Waals surface area contributed by atoms with Crippen molar-refractivity contribution in [1.82, 2.24) is 14.9 Å². The van der Waals surface area contributed by atoms with Gasteiger partial charge in [0.1, 0.15) is 23.6 Å². The van der Waals surface area contributed by atoms with Crippen LogP contribution in [0.1, 0.15) is 10.5 Å². The quantitative estimate of drug-likeness (QED) is 0.626. The smallest absolute Gasteiger partial charge is 0.274 e. The normalized spacial score (nSPS) is 10.5. The summed E-state index contributed by atoms with van der Waals surface area (Å²) < 4.78 is 5.88. The second-order valence-electron chi connectivity index (χ2n) is 6.38. The summed E-state index contributed by atoms with van der Waals surface area (Å²) in [4.78, 5) is 23.0. The van der Waals surface area contributed by atoms with E-state index in [0.717, 1.165) is 13.1 Å². The first-order valence-corrected chi connectivity index (χ1v) is 8.96. The molecule has 0 radical (unpaired) electrons. The molecule has 0 aliphatic heterocycles. The largest absolute Gasteiger partial charge is 0.455 e. The summed E-state index contributed by atoms with van der Waals surface area (Å²) in [6.45, 7) is 1.58. The summed E-state index contributed by atoms with van der Waals surface area (Å²) in [5, 5.41) is 6.04. The fourth-order valence-electron chi connectivity index (χ4n) is 2.45. The maximum absolute atomic E-state index is 12.7. The van der Waals surface area contributed by atoms with Crippen LogP contribution >= 0.6 is 0 Å². The van der Waals surface area contributed by atoms with Gasteiger partial charge < -0.3 is 20.3 Å². The fraction of sp³-hybridized carbons (Fsp3) is 0.190. The molecule has 3 rings (SSSR count). The van der Waals surface area contributed by atoms with Gasteiger partial charge in [-0.1, -0.05) is 30.3 Å². The number of nitrogens with one attached hydrogen (secondary N) is 2. The SMILES string of the molecule is CN(C)CCNc1cc(C(=O)Nc2ccccc2Oc2ccccc2)ncn1. The predicted octanol–water partition coefficient (Wildman–Crippen LogP) is 3.49. The predicted molar refractivity (Wildman–Crippen MR) is 110 cm³/mol. The van der Waals surface area contributed by atoms with Crippen LogP contribution in [-0.2, 0) is 0 Å². The highest BCUT2D eigenvalue weighted by molar-refractivity contribution is 6.04. The van der Waals surface area contributed by atoms with Crippen LogP contribution in [0, 0.1) is 0 Å². The zero-order chi connectivity index (χ0) is 19.8. The summed E-state index contributed by atoms with van der Waals surface area (Å²) >= 11 is 0. The van der Waals surface area contributed by atoms with Gasteiger partial charge in [-0.15, -0.1) is 0 Å². The molecular weight excluding hydrogens is 354 g/mol. The first-order chi connectivity index (χ1) is 13.6. The monoisotopic (exact) mass is 377 g/mol. The van der Waals surface area contributed by atoms with Crippen LogP contribution in [0.3, 0.4) is 0 Å². The van der Waals surface area contributed by atoms with Gasteiger partial charge >= 0.3 is 0 Å². The van der Waals surface area contributed by atoms with Crippen LogP contribution in [0.4, 0.5) is 11.5 Å². The zero-order valence-electron chi connectivity index (χ0n) is 15.9. The van der Waals surface area contributed by atoms with Crippen molar-refractivity contribution in [3.05, 3.63) is 72.7 Å². The van der Waals surface area contributed by atoms with E-state index in [2.05, 4.69) is 25.5 Å². The number of ether oxygens (including phenoxy) is 1. The second-order valence-corrected chi connectivity index (χ2v) is 6.38. The van der Waals surface area contributed by atoms with Crippen LogP contribution in [0.15, 0.2) is 67.0 Å². The maximum Gasteiger partial charge on any atom is 0.274 e. The lowest BCUT2D eigenvalue weighted by molar-refractivity contribution is 0.102. The number of benzene rings is 2. The van der Waals surface area contributed by atoms with Crippen molar-refractivity contribution < 1.29 is 9.53 Å². The molecule has 144 valence electrons. The van der Waals surface area contributed by atoms with E-state index in [0.29, 0.717) is 23.0 Å². The molecule has 0 saturated heterocycles. The Balaban J connectivity index is 1.70. The number of carbonyl (C=O) groups is 1. The number of hydrogen-bond donors (Lipinski definition) is 2. The van der Waals surface area contributed by atoms with E-state index in [-0.39, 0.29) is 11.6 Å². The molecule has 1 aromatic heterocycles. The highest BCUT2D eigenvalue weighted by Crippen LogP contribution is 2.29. The first-order valence-electron chi connectivity index (χ1n) is 8.96. The number of anilines is 2. The van der Waals surface area contributed by atoms with Gasteiger partial charge in [0, 0.05) is 19.2 Å². The number of nitrogens with zero attached hydrogens (tertiary/aromatic N) is 3. The molecule has 0 bridgehead atoms. The standard InChI is InChI=1S/C21H23N5O2/c1-26(2)13-12-22-20-14-18(23-15-24-20)21(27)25-17-10-6-7-11-19(17)28-16-8-4-3-5-9-16/h3-11,14-15H,12-13H2,1-2H3,(H,25,27)(H,22,23,24). The van der Waals surface area contributed by atoms with Crippen molar-refractivity contribution in [2.45, 2.75) is 0 Å². The highest BCUT2D eigenvalue weighted by atomic mass is 16.5. The third kappa shape index (κ3) is 5.52. The molecule has 0 aliphatic carbocycles. The Kier molecular flexibility index (Phi) is 6.54. The molecule has 2 N–H and O–H groups in total. The molecule has 0 fully saturated rings. The molecule has 1 amide bonds. The Morgan fingerprint density at radius 1 is 1.04 bits per heavy atom. The van der Waals surface area contributed by atoms with E-state index in [1.54, 1.807) is 18.2 Å². The minimum absolute atomic E-state index is 0.275. The number of amides is 1. The van der Waals surface area contributed by atoms with E-state index in [4.69, 9.17) is 4.74 Å². The molecule has 2 aromatic carbocycles. The van der Waals surface area contributed by atoms with Crippen LogP contribution in [0.5, 0.6) is 11.5 Å². The first kappa shape index (κ1) is 19.3. The lowest BCUT2D eigenvalue weighted by Crippen LogP contribution is -2.21. The van der Waals surface area contributed by atoms with Crippen molar-refractivity contribution in [2.75, 3.05) is 37.8 Å². The summed E-state index contributed by atoms with van der Waals surface area (Å²) in [5.74, 6) is 1.53. The van der Waals surface area contributed by atoms with Crippen LogP contribution < -0.4 is 15.4 Å². The van der Waals surface area contributed by atoms with Gasteiger partial charge in [0.15, 0.2) is 5.75 Å². The lowest BCUT2D eigenvalue weighted by atomic mass is 10.2. The highest BCUT2D eigenvalue weighted by Gasteiger charge is 2.12. The Bertz CT molecular complexity index is 915. The number of para-hydroxylation sites is 3. The molecule has 0 atom stereocenters. The molecule has 7 heteroatoms. The maximum atomic E-state index is 12.7. The van der Waals surface area contributed by atoms with E-state index in [1.165, 1.54) is 6.33 Å². The average Bonchev–Trinajstić information content (AvgIpc) is 2.70. The van der Waals surface area contributed by atoms with E-state index in [9.17, 15) is 4.79 Å². The zero-order valence-corrected chi connectivity index (χ0v) is 15.9. The Labute approximate surface area is 164 Å². The van der Waals surface area contributed by atoms with Gasteiger partial charge in [0.25, 0.3) is 5.91 Å². The molecule has 7 nitrogen and oxygen atoms in total. The van der Waals surface area contributed by atoms with Gasteiger partial charge in [-0.05, 0) is 38.4 Å². The number of hydrogen-bond acceptors (Lipinski definition) is 6. The van der Waals surface area contributed by atoms with Crippen LogP contribution in [-0.4, -0.2) is 48.0 Å². The lowest BCUT2D eigenvalue weighted by Gasteiger charge is -2.13. The number of likely N-dealkylation sites (N-methyl/N-ethyl adjacent to an activating group) is 1. The number of carbonyl (C=O) groups excluding carboxylic acids is 1. The topological polar surface area (TPSA) is 79.4 Å². The van der Waals surface area contributed by atoms with Gasteiger partial charge in [-0.25, -0.2) is 9.97 Å². The number of aromatic nitrogens is 2. The molecule has 1 heterocycles. The van der Waals surface area contributed by atoms with E-state index in [1.807, 2.05) is 56.6 Å².